The monoisotopic (exact) mass is 217 g/mol. The standard InChI is InChI=1S/C9H10F3N3/c10-9(11,12)8-5-7(14-15-8)6-3-1-2-4-13-6/h1,3,5-6,13H,2,4H2,(H,14,15). The van der Waals surface area contributed by atoms with Crippen molar-refractivity contribution in [2.45, 2.75) is 18.6 Å². The molecule has 1 aliphatic heterocycles. The molecule has 1 unspecified atom stereocenters. The zero-order valence-corrected chi connectivity index (χ0v) is 7.80. The van der Waals surface area contributed by atoms with Crippen molar-refractivity contribution in [1.82, 2.24) is 15.5 Å². The van der Waals surface area contributed by atoms with Crippen LogP contribution < -0.4 is 5.32 Å². The van der Waals surface area contributed by atoms with Gasteiger partial charge in [0, 0.05) is 0 Å². The summed E-state index contributed by atoms with van der Waals surface area (Å²) in [4.78, 5) is 0. The van der Waals surface area contributed by atoms with Crippen molar-refractivity contribution in [2.24, 2.45) is 0 Å². The minimum Gasteiger partial charge on any atom is -0.305 e. The summed E-state index contributed by atoms with van der Waals surface area (Å²) in [5.41, 5.74) is -0.434. The topological polar surface area (TPSA) is 40.7 Å². The Hall–Kier alpha value is -1.30. The molecule has 0 amide bonds. The van der Waals surface area contributed by atoms with Gasteiger partial charge in [-0.05, 0) is 19.0 Å². The molecule has 0 aliphatic carbocycles. The maximum absolute atomic E-state index is 12.2. The zero-order valence-electron chi connectivity index (χ0n) is 7.80. The highest BCUT2D eigenvalue weighted by Crippen LogP contribution is 2.29. The number of H-pyrrole nitrogens is 1. The van der Waals surface area contributed by atoms with Crippen LogP contribution in [0.5, 0.6) is 0 Å². The fourth-order valence-electron chi connectivity index (χ4n) is 1.48. The molecular weight excluding hydrogens is 207 g/mol. The third-order valence-corrected chi connectivity index (χ3v) is 2.23. The van der Waals surface area contributed by atoms with E-state index in [4.69, 9.17) is 0 Å². The second kappa shape index (κ2) is 3.69. The first-order chi connectivity index (χ1) is 7.07. The maximum atomic E-state index is 12.2. The summed E-state index contributed by atoms with van der Waals surface area (Å²) in [5.74, 6) is 0. The Labute approximate surface area is 84.4 Å². The fourth-order valence-corrected chi connectivity index (χ4v) is 1.48. The molecule has 2 N–H and O–H groups in total. The lowest BCUT2D eigenvalue weighted by Gasteiger charge is -2.16. The molecule has 0 fully saturated rings. The lowest BCUT2D eigenvalue weighted by Crippen LogP contribution is -2.23. The summed E-state index contributed by atoms with van der Waals surface area (Å²) in [6, 6.07) is 0.843. The lowest BCUT2D eigenvalue weighted by atomic mass is 10.1. The maximum Gasteiger partial charge on any atom is 0.435 e. The van der Waals surface area contributed by atoms with Crippen molar-refractivity contribution in [2.75, 3.05) is 6.54 Å². The van der Waals surface area contributed by atoms with Gasteiger partial charge >= 0.3 is 6.18 Å². The van der Waals surface area contributed by atoms with Crippen molar-refractivity contribution in [3.8, 4) is 0 Å². The van der Waals surface area contributed by atoms with Crippen molar-refractivity contribution in [3.05, 3.63) is 29.6 Å². The van der Waals surface area contributed by atoms with Crippen molar-refractivity contribution in [3.63, 3.8) is 0 Å². The van der Waals surface area contributed by atoms with Crippen molar-refractivity contribution >= 4 is 0 Å². The van der Waals surface area contributed by atoms with Crippen LogP contribution in [0.2, 0.25) is 0 Å². The molecule has 0 saturated heterocycles. The van der Waals surface area contributed by atoms with Crippen LogP contribution in [-0.4, -0.2) is 16.7 Å². The van der Waals surface area contributed by atoms with Gasteiger partial charge in [0.2, 0.25) is 0 Å². The fraction of sp³-hybridized carbons (Fsp3) is 0.444. The van der Waals surface area contributed by atoms with Gasteiger partial charge in [0.1, 0.15) is 0 Å². The highest BCUT2D eigenvalue weighted by Gasteiger charge is 2.34. The number of halogens is 3. The van der Waals surface area contributed by atoms with Gasteiger partial charge in [-0.15, -0.1) is 0 Å². The lowest BCUT2D eigenvalue weighted by molar-refractivity contribution is -0.141. The van der Waals surface area contributed by atoms with Gasteiger partial charge in [0.05, 0.1) is 11.7 Å². The molecule has 2 rings (SSSR count). The van der Waals surface area contributed by atoms with Gasteiger partial charge in [-0.1, -0.05) is 12.2 Å². The summed E-state index contributed by atoms with van der Waals surface area (Å²) >= 11 is 0. The number of hydrogen-bond donors (Lipinski definition) is 2. The molecule has 15 heavy (non-hydrogen) atoms. The van der Waals surface area contributed by atoms with Gasteiger partial charge in [-0.3, -0.25) is 5.10 Å². The number of hydrogen-bond acceptors (Lipinski definition) is 2. The molecule has 0 bridgehead atoms. The Morgan fingerprint density at radius 3 is 2.73 bits per heavy atom. The molecule has 1 aromatic heterocycles. The van der Waals surface area contributed by atoms with E-state index in [1.165, 1.54) is 0 Å². The summed E-state index contributed by atoms with van der Waals surface area (Å²) in [6.45, 7) is 0.765. The van der Waals surface area contributed by atoms with E-state index in [0.717, 1.165) is 19.0 Å². The van der Waals surface area contributed by atoms with Crippen LogP contribution in [0.3, 0.4) is 0 Å². The minimum absolute atomic E-state index is 0.192. The van der Waals surface area contributed by atoms with E-state index in [0.29, 0.717) is 5.69 Å². The molecule has 0 saturated carbocycles. The Balaban J connectivity index is 2.19. The molecule has 0 spiro atoms. The Morgan fingerprint density at radius 2 is 2.20 bits per heavy atom. The normalized spacial score (nSPS) is 21.9. The first-order valence-corrected chi connectivity index (χ1v) is 4.60. The van der Waals surface area contributed by atoms with E-state index in [-0.39, 0.29) is 6.04 Å². The number of alkyl halides is 3. The number of nitrogens with one attached hydrogen (secondary N) is 2. The molecule has 82 valence electrons. The van der Waals surface area contributed by atoms with Crippen molar-refractivity contribution < 1.29 is 13.2 Å². The number of aromatic amines is 1. The van der Waals surface area contributed by atoms with E-state index in [1.54, 1.807) is 0 Å². The van der Waals surface area contributed by atoms with Gasteiger partial charge in [0.25, 0.3) is 0 Å². The van der Waals surface area contributed by atoms with Gasteiger partial charge in [-0.2, -0.15) is 18.3 Å². The van der Waals surface area contributed by atoms with Gasteiger partial charge in [0.15, 0.2) is 5.69 Å². The summed E-state index contributed by atoms with van der Waals surface area (Å²) in [5, 5.41) is 8.71. The van der Waals surface area contributed by atoms with Gasteiger partial charge < -0.3 is 5.32 Å². The second-order valence-electron chi connectivity index (χ2n) is 3.35. The number of aromatic nitrogens is 2. The third-order valence-electron chi connectivity index (χ3n) is 2.23. The van der Waals surface area contributed by atoms with E-state index in [2.05, 4.69) is 15.5 Å². The molecule has 0 aromatic carbocycles. The molecule has 6 heteroatoms. The van der Waals surface area contributed by atoms with Crippen LogP contribution in [0.25, 0.3) is 0 Å². The minimum atomic E-state index is -4.38. The van der Waals surface area contributed by atoms with E-state index < -0.39 is 11.9 Å². The molecular formula is C9H10F3N3. The predicted molar refractivity (Wildman–Crippen MR) is 48.1 cm³/mol. The molecule has 1 atom stereocenters. The molecule has 2 heterocycles. The second-order valence-corrected chi connectivity index (χ2v) is 3.35. The Bertz CT molecular complexity index is 367. The van der Waals surface area contributed by atoms with Crippen LogP contribution in [0.1, 0.15) is 23.9 Å². The Kier molecular flexibility index (Phi) is 2.52. The third kappa shape index (κ3) is 2.20. The largest absolute Gasteiger partial charge is 0.435 e. The summed E-state index contributed by atoms with van der Waals surface area (Å²) in [6.07, 6.45) is 0.288. The van der Waals surface area contributed by atoms with Crippen LogP contribution in [0.4, 0.5) is 13.2 Å². The first-order valence-electron chi connectivity index (χ1n) is 4.60. The summed E-state index contributed by atoms with van der Waals surface area (Å²) in [7, 11) is 0. The average Bonchev–Trinajstić information content (AvgIpc) is 2.67. The molecule has 0 radical (unpaired) electrons. The average molecular weight is 217 g/mol. The number of nitrogens with zero attached hydrogens (tertiary/aromatic N) is 1. The zero-order chi connectivity index (χ0) is 10.9. The van der Waals surface area contributed by atoms with Crippen LogP contribution in [0.15, 0.2) is 18.2 Å². The SMILES string of the molecule is FC(F)(F)c1cc(C2C=CCCN2)[nH]n1. The molecule has 3 nitrogen and oxygen atoms in total. The first kappa shape index (κ1) is 10.2. The van der Waals surface area contributed by atoms with E-state index in [1.807, 2.05) is 12.2 Å². The molecule has 1 aliphatic rings. The van der Waals surface area contributed by atoms with Gasteiger partial charge in [-0.25, -0.2) is 0 Å². The van der Waals surface area contributed by atoms with E-state index >= 15 is 0 Å². The molecule has 1 aromatic rings. The number of rotatable bonds is 1. The van der Waals surface area contributed by atoms with Crippen LogP contribution >= 0.6 is 0 Å². The van der Waals surface area contributed by atoms with Crippen LogP contribution in [-0.2, 0) is 6.18 Å². The summed E-state index contributed by atoms with van der Waals surface area (Å²) < 4.78 is 36.7. The van der Waals surface area contributed by atoms with E-state index in [9.17, 15) is 13.2 Å². The van der Waals surface area contributed by atoms with Crippen molar-refractivity contribution in [1.29, 1.82) is 0 Å². The van der Waals surface area contributed by atoms with Crippen LogP contribution in [0, 0.1) is 0 Å². The smallest absolute Gasteiger partial charge is 0.305 e. The Morgan fingerprint density at radius 1 is 1.40 bits per heavy atom. The quantitative estimate of drug-likeness (QED) is 0.706. The predicted octanol–water partition coefficient (Wildman–Crippen LogP) is 2.02. The highest BCUT2D eigenvalue weighted by molar-refractivity contribution is 5.20. The highest BCUT2D eigenvalue weighted by atomic mass is 19.4.